The zero-order chi connectivity index (χ0) is 27.8. The first-order valence-electron chi connectivity index (χ1n) is 13.3. The highest BCUT2D eigenvalue weighted by atomic mass is 35.5. The van der Waals surface area contributed by atoms with Crippen molar-refractivity contribution in [2.75, 3.05) is 43.6 Å². The Morgan fingerprint density at radius 2 is 2.08 bits per heavy atom. The fourth-order valence-electron chi connectivity index (χ4n) is 6.36. The first kappa shape index (κ1) is 28.2. The van der Waals surface area contributed by atoms with Gasteiger partial charge in [-0.2, -0.15) is 0 Å². The van der Waals surface area contributed by atoms with Gasteiger partial charge in [0.2, 0.25) is 10.0 Å². The maximum absolute atomic E-state index is 11.8. The highest BCUT2D eigenvalue weighted by Crippen LogP contribution is 2.46. The molecule has 1 spiro atoms. The molecule has 5 rings (SSSR count). The molecule has 2 aliphatic carbocycles. The van der Waals surface area contributed by atoms with E-state index in [1.165, 1.54) is 11.1 Å². The molecule has 0 bridgehead atoms. The summed E-state index contributed by atoms with van der Waals surface area (Å²) in [4.78, 5) is 14.1. The van der Waals surface area contributed by atoms with Gasteiger partial charge in [0.15, 0.2) is 0 Å². The monoisotopic (exact) mass is 578 g/mol. The van der Waals surface area contributed by atoms with E-state index in [-0.39, 0.29) is 41.8 Å². The standard InChI is InChI=1S/C28H35ClN2O7S/c29-21-5-7-23-18(12-21)2-1-9-28(23)16-31(24-13-19(27(33)34)4-8-26(24)38-17-28)14-20-3-6-22(20)25(32)15-37-10-11-39(30,35)36/h4-5,7-8,12-13,20,22,25,32H,1-3,6,9-11,14-17H2,(H,33,34)(H2,30,35,36)/t20-,22+,25+,28-/m0/s1. The van der Waals surface area contributed by atoms with Crippen molar-refractivity contribution in [1.29, 1.82) is 0 Å². The number of carbonyl (C=O) groups is 1. The van der Waals surface area contributed by atoms with Gasteiger partial charge in [0.1, 0.15) is 5.75 Å². The largest absolute Gasteiger partial charge is 0.490 e. The summed E-state index contributed by atoms with van der Waals surface area (Å²) in [6, 6.07) is 11.1. The minimum absolute atomic E-state index is 0.0110. The van der Waals surface area contributed by atoms with Crippen LogP contribution in [0.25, 0.3) is 0 Å². The summed E-state index contributed by atoms with van der Waals surface area (Å²) in [6.45, 7) is 1.74. The number of rotatable bonds is 9. The number of primary sulfonamides is 1. The molecule has 2 aromatic rings. The summed E-state index contributed by atoms with van der Waals surface area (Å²) in [5, 5.41) is 26.2. The maximum atomic E-state index is 11.8. The number of halogens is 1. The molecule has 4 N–H and O–H groups in total. The Morgan fingerprint density at radius 3 is 2.79 bits per heavy atom. The molecule has 0 unspecified atom stereocenters. The molecule has 4 atom stereocenters. The van der Waals surface area contributed by atoms with Crippen molar-refractivity contribution in [2.24, 2.45) is 17.0 Å². The Labute approximate surface area is 233 Å². The number of ether oxygens (including phenoxy) is 2. The average molecular weight is 579 g/mol. The number of benzene rings is 2. The van der Waals surface area contributed by atoms with E-state index >= 15 is 0 Å². The molecule has 1 saturated carbocycles. The van der Waals surface area contributed by atoms with Crippen molar-refractivity contribution in [2.45, 2.75) is 43.6 Å². The zero-order valence-electron chi connectivity index (χ0n) is 21.7. The van der Waals surface area contributed by atoms with Crippen LogP contribution in [0.4, 0.5) is 5.69 Å². The molecule has 2 aromatic carbocycles. The molecule has 1 aliphatic heterocycles. The lowest BCUT2D eigenvalue weighted by Crippen LogP contribution is -2.50. The van der Waals surface area contributed by atoms with Crippen LogP contribution in [-0.2, 0) is 26.6 Å². The number of hydrogen-bond donors (Lipinski definition) is 3. The highest BCUT2D eigenvalue weighted by molar-refractivity contribution is 7.89. The molecular formula is C28H35ClN2O7S. The number of aliphatic hydroxyl groups excluding tert-OH is 1. The third-order valence-electron chi connectivity index (χ3n) is 8.51. The third-order valence-corrected chi connectivity index (χ3v) is 9.48. The van der Waals surface area contributed by atoms with E-state index in [1.54, 1.807) is 18.2 Å². The Balaban J connectivity index is 1.39. The van der Waals surface area contributed by atoms with Gasteiger partial charge in [-0.05, 0) is 85.4 Å². The Hall–Kier alpha value is -2.37. The van der Waals surface area contributed by atoms with Gasteiger partial charge in [-0.3, -0.25) is 0 Å². The second-order valence-corrected chi connectivity index (χ2v) is 13.3. The second kappa shape index (κ2) is 11.2. The summed E-state index contributed by atoms with van der Waals surface area (Å²) in [5.41, 5.74) is 3.11. The van der Waals surface area contributed by atoms with Crippen molar-refractivity contribution in [3.63, 3.8) is 0 Å². The van der Waals surface area contributed by atoms with Crippen LogP contribution in [0.2, 0.25) is 5.02 Å². The van der Waals surface area contributed by atoms with Crippen molar-refractivity contribution in [3.8, 4) is 5.75 Å². The first-order chi connectivity index (χ1) is 18.5. The molecule has 212 valence electrons. The topological polar surface area (TPSA) is 139 Å². The number of aryl methyl sites for hydroxylation is 1. The van der Waals surface area contributed by atoms with E-state index in [4.69, 9.17) is 26.2 Å². The van der Waals surface area contributed by atoms with Crippen LogP contribution >= 0.6 is 11.6 Å². The van der Waals surface area contributed by atoms with E-state index in [0.29, 0.717) is 30.5 Å². The number of nitrogens with two attached hydrogens (primary N) is 1. The van der Waals surface area contributed by atoms with Gasteiger partial charge in [0, 0.05) is 23.5 Å². The van der Waals surface area contributed by atoms with Crippen LogP contribution in [0, 0.1) is 11.8 Å². The highest BCUT2D eigenvalue weighted by Gasteiger charge is 2.44. The van der Waals surface area contributed by atoms with Crippen LogP contribution in [-0.4, -0.2) is 69.4 Å². The van der Waals surface area contributed by atoms with Gasteiger partial charge in [-0.1, -0.05) is 17.7 Å². The van der Waals surface area contributed by atoms with Gasteiger partial charge in [-0.15, -0.1) is 0 Å². The van der Waals surface area contributed by atoms with Crippen molar-refractivity contribution >= 4 is 33.3 Å². The van der Waals surface area contributed by atoms with Crippen LogP contribution in [0.3, 0.4) is 0 Å². The number of carboxylic acid groups (broad SMARTS) is 1. The fourth-order valence-corrected chi connectivity index (χ4v) is 6.91. The lowest BCUT2D eigenvalue weighted by Gasteiger charge is -2.45. The lowest BCUT2D eigenvalue weighted by molar-refractivity contribution is -0.0392. The molecule has 0 aromatic heterocycles. The van der Waals surface area contributed by atoms with Gasteiger partial charge >= 0.3 is 5.97 Å². The smallest absolute Gasteiger partial charge is 0.335 e. The number of aromatic carboxylic acids is 1. The molecule has 1 fully saturated rings. The second-order valence-electron chi connectivity index (χ2n) is 11.1. The van der Waals surface area contributed by atoms with E-state index in [1.807, 2.05) is 12.1 Å². The minimum Gasteiger partial charge on any atom is -0.490 e. The quantitative estimate of drug-likeness (QED) is 0.385. The third kappa shape index (κ3) is 6.20. The number of nitrogens with zero attached hydrogens (tertiary/aromatic N) is 1. The normalized spacial score (nSPS) is 25.2. The number of fused-ring (bicyclic) bond motifs is 3. The van der Waals surface area contributed by atoms with Crippen LogP contribution in [0.15, 0.2) is 36.4 Å². The number of sulfonamides is 1. The lowest BCUT2D eigenvalue weighted by atomic mass is 9.68. The molecule has 39 heavy (non-hydrogen) atoms. The number of aliphatic hydroxyl groups is 1. The maximum Gasteiger partial charge on any atom is 0.335 e. The van der Waals surface area contributed by atoms with Gasteiger partial charge in [-0.25, -0.2) is 18.4 Å². The van der Waals surface area contributed by atoms with Crippen LogP contribution in [0.1, 0.15) is 47.2 Å². The van der Waals surface area contributed by atoms with Crippen molar-refractivity contribution in [1.82, 2.24) is 0 Å². The summed E-state index contributed by atoms with van der Waals surface area (Å²) in [7, 11) is -3.62. The molecular weight excluding hydrogens is 544 g/mol. The van der Waals surface area contributed by atoms with E-state index in [9.17, 15) is 23.4 Å². The molecule has 0 amide bonds. The fraction of sp³-hybridized carbons (Fsp3) is 0.536. The van der Waals surface area contributed by atoms with Gasteiger partial charge < -0.3 is 24.6 Å². The Morgan fingerprint density at radius 1 is 1.26 bits per heavy atom. The van der Waals surface area contributed by atoms with Crippen molar-refractivity contribution in [3.05, 3.63) is 58.1 Å². The van der Waals surface area contributed by atoms with Crippen molar-refractivity contribution < 1.29 is 32.9 Å². The van der Waals surface area contributed by atoms with Gasteiger partial charge in [0.25, 0.3) is 0 Å². The summed E-state index contributed by atoms with van der Waals surface area (Å²) >= 11 is 6.33. The predicted molar refractivity (Wildman–Crippen MR) is 148 cm³/mol. The summed E-state index contributed by atoms with van der Waals surface area (Å²) in [6.07, 6.45) is 3.92. The van der Waals surface area contributed by atoms with E-state index in [0.717, 1.165) is 37.8 Å². The number of hydrogen-bond acceptors (Lipinski definition) is 7. The Kier molecular flexibility index (Phi) is 8.13. The molecule has 3 aliphatic rings. The van der Waals surface area contributed by atoms with E-state index in [2.05, 4.69) is 11.0 Å². The summed E-state index contributed by atoms with van der Waals surface area (Å²) in [5.74, 6) is -0.489. The predicted octanol–water partition coefficient (Wildman–Crippen LogP) is 3.20. The molecule has 0 radical (unpaired) electrons. The molecule has 0 saturated heterocycles. The molecule has 1 heterocycles. The van der Waals surface area contributed by atoms with Crippen LogP contribution < -0.4 is 14.8 Å². The summed E-state index contributed by atoms with van der Waals surface area (Å²) < 4.78 is 34.1. The van der Waals surface area contributed by atoms with Crippen LogP contribution in [0.5, 0.6) is 5.75 Å². The Bertz CT molecular complexity index is 1340. The average Bonchev–Trinajstić information content (AvgIpc) is 3.01. The number of anilines is 1. The number of carboxylic acids is 1. The zero-order valence-corrected chi connectivity index (χ0v) is 23.3. The SMILES string of the molecule is NS(=O)(=O)CCOC[C@@H](O)[C@@H]1CC[C@H]1CN1C[C@@]2(CCCc3cc(Cl)ccc32)COc2ccc(C(=O)O)cc21. The molecule has 11 heteroatoms. The molecule has 9 nitrogen and oxygen atoms in total. The first-order valence-corrected chi connectivity index (χ1v) is 15.4. The van der Waals surface area contributed by atoms with Gasteiger partial charge in [0.05, 0.1) is 42.9 Å². The minimum atomic E-state index is -3.62. The van der Waals surface area contributed by atoms with E-state index < -0.39 is 22.1 Å².